The van der Waals surface area contributed by atoms with Crippen LogP contribution in [-0.2, 0) is 17.3 Å². The number of hydrogen-bond acceptors (Lipinski definition) is 1. The average molecular weight is 434 g/mol. The third kappa shape index (κ3) is 6.03. The molecule has 0 spiro atoms. The van der Waals surface area contributed by atoms with Crippen LogP contribution in [0.2, 0.25) is 18.1 Å². The van der Waals surface area contributed by atoms with Crippen LogP contribution in [0.1, 0.15) is 31.9 Å². The van der Waals surface area contributed by atoms with E-state index < -0.39 is 8.32 Å². The van der Waals surface area contributed by atoms with Gasteiger partial charge in [-0.3, -0.25) is 4.39 Å². The first-order chi connectivity index (χ1) is 10.2. The minimum absolute atomic E-state index is 0.188. The Morgan fingerprint density at radius 2 is 1.91 bits per heavy atom. The molecular weight excluding hydrogens is 406 g/mol. The predicted octanol–water partition coefficient (Wildman–Crippen LogP) is 6.08. The summed E-state index contributed by atoms with van der Waals surface area (Å²) < 4.78 is 19.9. The third-order valence-electron chi connectivity index (χ3n) is 4.25. The van der Waals surface area contributed by atoms with E-state index in [4.69, 9.17) is 4.43 Å². The van der Waals surface area contributed by atoms with Crippen LogP contribution in [0.25, 0.3) is 0 Å². The lowest BCUT2D eigenvalue weighted by Gasteiger charge is -2.37. The largest absolute Gasteiger partial charge is 0.546 e. The Bertz CT molecular complexity index is 506. The molecule has 0 aliphatic heterocycles. The van der Waals surface area contributed by atoms with Crippen molar-refractivity contribution in [3.8, 4) is 0 Å². The van der Waals surface area contributed by atoms with Crippen molar-refractivity contribution in [3.63, 3.8) is 0 Å². The van der Waals surface area contributed by atoms with Crippen molar-refractivity contribution >= 4 is 30.9 Å². The summed E-state index contributed by atoms with van der Waals surface area (Å²) in [4.78, 5) is 0. The van der Waals surface area contributed by atoms with Gasteiger partial charge in [0.15, 0.2) is 0 Å². The first-order valence-corrected chi connectivity index (χ1v) is 12.2. The number of halogens is 2. The smallest absolute Gasteiger partial charge is 0.250 e. The van der Waals surface area contributed by atoms with Crippen LogP contribution in [0.15, 0.2) is 36.1 Å². The standard InChI is InChI=1S/C18H28FIOSi/c1-18(2,3)22(4,5)21-17(10-12-20)14-16-8-6-7-15(13-16)9-11-19/h6-8,10,13H,9,11-12,14H2,1-5H3. The lowest BCUT2D eigenvalue weighted by molar-refractivity contribution is 0.373. The zero-order valence-electron chi connectivity index (χ0n) is 14.4. The lowest BCUT2D eigenvalue weighted by Crippen LogP contribution is -2.40. The zero-order valence-corrected chi connectivity index (χ0v) is 17.5. The van der Waals surface area contributed by atoms with Crippen LogP contribution < -0.4 is 0 Å². The predicted molar refractivity (Wildman–Crippen MR) is 105 cm³/mol. The van der Waals surface area contributed by atoms with Gasteiger partial charge in [0.2, 0.25) is 8.32 Å². The lowest BCUT2D eigenvalue weighted by atomic mass is 10.1. The van der Waals surface area contributed by atoms with Crippen LogP contribution >= 0.6 is 22.6 Å². The maximum atomic E-state index is 12.5. The first-order valence-electron chi connectivity index (χ1n) is 7.77. The molecule has 1 nitrogen and oxygen atoms in total. The molecule has 0 bridgehead atoms. The molecule has 4 heteroatoms. The molecule has 0 unspecified atom stereocenters. The maximum Gasteiger partial charge on any atom is 0.250 e. The van der Waals surface area contributed by atoms with E-state index in [1.54, 1.807) is 0 Å². The summed E-state index contributed by atoms with van der Waals surface area (Å²) in [5.74, 6) is 1.05. The molecule has 0 fully saturated rings. The minimum Gasteiger partial charge on any atom is -0.546 e. The zero-order chi connectivity index (χ0) is 16.8. The van der Waals surface area contributed by atoms with E-state index in [0.29, 0.717) is 6.42 Å². The van der Waals surface area contributed by atoms with Gasteiger partial charge in [-0.2, -0.15) is 0 Å². The van der Waals surface area contributed by atoms with Gasteiger partial charge in [0.25, 0.3) is 0 Å². The Kier molecular flexibility index (Phi) is 7.59. The Hall–Kier alpha value is -0.363. The highest BCUT2D eigenvalue weighted by Crippen LogP contribution is 2.38. The minimum atomic E-state index is -1.82. The van der Waals surface area contributed by atoms with Crippen LogP contribution in [0.5, 0.6) is 0 Å². The molecule has 1 rings (SSSR count). The molecule has 0 heterocycles. The highest BCUT2D eigenvalue weighted by atomic mass is 127. The van der Waals surface area contributed by atoms with Gasteiger partial charge in [-0.1, -0.05) is 67.6 Å². The van der Waals surface area contributed by atoms with Gasteiger partial charge in [-0.15, -0.1) is 0 Å². The van der Waals surface area contributed by atoms with E-state index in [-0.39, 0.29) is 11.7 Å². The van der Waals surface area contributed by atoms with Crippen LogP contribution in [0.4, 0.5) is 4.39 Å². The van der Waals surface area contributed by atoms with E-state index in [9.17, 15) is 4.39 Å². The van der Waals surface area contributed by atoms with Crippen LogP contribution in [0, 0.1) is 0 Å². The second kappa shape index (κ2) is 8.48. The Morgan fingerprint density at radius 1 is 1.27 bits per heavy atom. The third-order valence-corrected chi connectivity index (χ3v) is 9.08. The number of aryl methyl sites for hydroxylation is 1. The summed E-state index contributed by atoms with van der Waals surface area (Å²) >= 11 is 2.35. The number of hydrogen-bond donors (Lipinski definition) is 0. The number of alkyl halides is 2. The highest BCUT2D eigenvalue weighted by molar-refractivity contribution is 14.1. The van der Waals surface area contributed by atoms with Gasteiger partial charge >= 0.3 is 0 Å². The van der Waals surface area contributed by atoms with Gasteiger partial charge in [0, 0.05) is 17.3 Å². The van der Waals surface area contributed by atoms with Crippen molar-refractivity contribution in [2.75, 3.05) is 11.1 Å². The molecule has 1 aromatic carbocycles. The summed E-state index contributed by atoms with van der Waals surface area (Å²) in [6.07, 6.45) is 3.45. The van der Waals surface area contributed by atoms with Crippen molar-refractivity contribution in [3.05, 3.63) is 47.2 Å². The summed E-state index contributed by atoms with van der Waals surface area (Å²) in [7, 11) is -1.82. The van der Waals surface area contributed by atoms with E-state index in [1.165, 1.54) is 5.56 Å². The number of rotatable bonds is 7. The molecule has 22 heavy (non-hydrogen) atoms. The normalized spacial score (nSPS) is 13.3. The molecular formula is C18H28FIOSi. The Morgan fingerprint density at radius 3 is 2.45 bits per heavy atom. The quantitative estimate of drug-likeness (QED) is 0.219. The van der Waals surface area contributed by atoms with Gasteiger partial charge in [0.1, 0.15) is 0 Å². The molecule has 0 atom stereocenters. The molecule has 0 saturated carbocycles. The molecule has 0 saturated heterocycles. The molecule has 0 radical (unpaired) electrons. The van der Waals surface area contributed by atoms with Gasteiger partial charge in [0.05, 0.1) is 12.4 Å². The Balaban J connectivity index is 2.90. The average Bonchev–Trinajstić information content (AvgIpc) is 2.38. The van der Waals surface area contributed by atoms with Gasteiger partial charge in [-0.25, -0.2) is 0 Å². The molecule has 0 amide bonds. The molecule has 1 aromatic rings. The topological polar surface area (TPSA) is 9.23 Å². The summed E-state index contributed by atoms with van der Waals surface area (Å²) in [6.45, 7) is 11.0. The monoisotopic (exact) mass is 434 g/mol. The summed E-state index contributed by atoms with van der Waals surface area (Å²) in [6, 6.07) is 8.18. The summed E-state index contributed by atoms with van der Waals surface area (Å²) in [5, 5.41) is 0.188. The SMILES string of the molecule is CC(C)(C)[Si](C)(C)OC(=CCI)Cc1cccc(CCF)c1. The van der Waals surface area contributed by atoms with Crippen molar-refractivity contribution in [1.82, 2.24) is 0 Å². The molecule has 124 valence electrons. The fourth-order valence-electron chi connectivity index (χ4n) is 1.92. The fraction of sp³-hybridized carbons (Fsp3) is 0.556. The van der Waals surface area contributed by atoms with Crippen molar-refractivity contribution < 1.29 is 8.82 Å². The highest BCUT2D eigenvalue weighted by Gasteiger charge is 2.39. The van der Waals surface area contributed by atoms with Crippen LogP contribution in [-0.4, -0.2) is 19.4 Å². The molecule has 0 N–H and O–H groups in total. The Labute approximate surface area is 149 Å². The van der Waals surface area contributed by atoms with Gasteiger partial charge < -0.3 is 4.43 Å². The number of benzene rings is 1. The molecule has 0 aliphatic rings. The van der Waals surface area contributed by atoms with E-state index in [1.807, 2.05) is 12.1 Å². The van der Waals surface area contributed by atoms with E-state index >= 15 is 0 Å². The molecule has 0 aromatic heterocycles. The molecule has 0 aliphatic carbocycles. The van der Waals surface area contributed by atoms with Gasteiger partial charge in [-0.05, 0) is 35.3 Å². The summed E-state index contributed by atoms with van der Waals surface area (Å²) in [5.41, 5.74) is 2.25. The van der Waals surface area contributed by atoms with E-state index in [0.717, 1.165) is 22.2 Å². The maximum absolute atomic E-state index is 12.5. The van der Waals surface area contributed by atoms with Crippen molar-refractivity contribution in [2.24, 2.45) is 0 Å². The van der Waals surface area contributed by atoms with Crippen molar-refractivity contribution in [1.29, 1.82) is 0 Å². The second-order valence-corrected chi connectivity index (χ2v) is 12.7. The fourth-order valence-corrected chi connectivity index (χ4v) is 3.53. The van der Waals surface area contributed by atoms with Crippen molar-refractivity contribution in [2.45, 2.75) is 51.7 Å². The first kappa shape index (κ1) is 19.7. The van der Waals surface area contributed by atoms with E-state index in [2.05, 4.69) is 74.7 Å². The van der Waals surface area contributed by atoms with Crippen LogP contribution in [0.3, 0.4) is 0 Å². The second-order valence-electron chi connectivity index (χ2n) is 7.12. The number of allylic oxidation sites excluding steroid dienone is 2.